The van der Waals surface area contributed by atoms with Crippen LogP contribution in [0, 0.1) is 17.0 Å². The van der Waals surface area contributed by atoms with Crippen LogP contribution in [0.5, 0.6) is 0 Å². The summed E-state index contributed by atoms with van der Waals surface area (Å²) in [4.78, 5) is 34.8. The summed E-state index contributed by atoms with van der Waals surface area (Å²) in [5.74, 6) is 0.178. The van der Waals surface area contributed by atoms with Gasteiger partial charge < -0.3 is 20.4 Å². The highest BCUT2D eigenvalue weighted by Gasteiger charge is 2.18. The number of urea groups is 1. The van der Waals surface area contributed by atoms with Gasteiger partial charge in [-0.3, -0.25) is 14.9 Å². The van der Waals surface area contributed by atoms with Crippen LogP contribution in [-0.2, 0) is 6.54 Å². The van der Waals surface area contributed by atoms with Crippen LogP contribution in [-0.4, -0.2) is 16.9 Å². The van der Waals surface area contributed by atoms with Gasteiger partial charge in [-0.25, -0.2) is 4.79 Å². The average Bonchev–Trinajstić information content (AvgIpc) is 3.21. The lowest BCUT2D eigenvalue weighted by molar-refractivity contribution is -0.385. The molecule has 0 unspecified atom stereocenters. The molecule has 0 atom stereocenters. The fraction of sp³-hybridized carbons (Fsp3) is 0.100. The summed E-state index contributed by atoms with van der Waals surface area (Å²) < 4.78 is 5.13. The Kier molecular flexibility index (Phi) is 5.88. The van der Waals surface area contributed by atoms with Crippen molar-refractivity contribution in [2.75, 3.05) is 10.6 Å². The van der Waals surface area contributed by atoms with Gasteiger partial charge in [0.05, 0.1) is 17.7 Å². The van der Waals surface area contributed by atoms with Crippen molar-refractivity contribution in [1.82, 2.24) is 5.32 Å². The fourth-order valence-electron chi connectivity index (χ4n) is 2.66. The Labute approximate surface area is 165 Å². The van der Waals surface area contributed by atoms with E-state index in [9.17, 15) is 19.7 Å². The number of furan rings is 1. The zero-order chi connectivity index (χ0) is 20.8. The van der Waals surface area contributed by atoms with E-state index in [-0.39, 0.29) is 17.8 Å². The molecule has 0 spiro atoms. The van der Waals surface area contributed by atoms with Gasteiger partial charge in [0.15, 0.2) is 0 Å². The normalized spacial score (nSPS) is 10.2. The molecular formula is C20H18N4O5. The van der Waals surface area contributed by atoms with Crippen LogP contribution in [0.1, 0.15) is 21.7 Å². The molecule has 1 heterocycles. The number of hydrogen-bond donors (Lipinski definition) is 3. The van der Waals surface area contributed by atoms with Crippen molar-refractivity contribution in [3.8, 4) is 0 Å². The molecule has 0 aliphatic heterocycles. The van der Waals surface area contributed by atoms with E-state index in [4.69, 9.17) is 4.42 Å². The molecule has 29 heavy (non-hydrogen) atoms. The van der Waals surface area contributed by atoms with Gasteiger partial charge >= 0.3 is 6.03 Å². The Balaban J connectivity index is 1.59. The lowest BCUT2D eigenvalue weighted by Crippen LogP contribution is -2.27. The highest BCUT2D eigenvalue weighted by atomic mass is 16.6. The summed E-state index contributed by atoms with van der Waals surface area (Å²) in [6.45, 7) is 1.79. The third kappa shape index (κ3) is 4.98. The van der Waals surface area contributed by atoms with E-state index in [2.05, 4.69) is 16.0 Å². The van der Waals surface area contributed by atoms with Gasteiger partial charge in [0, 0.05) is 28.6 Å². The molecule has 0 saturated heterocycles. The van der Waals surface area contributed by atoms with Crippen molar-refractivity contribution in [3.05, 3.63) is 87.9 Å². The van der Waals surface area contributed by atoms with Crippen molar-refractivity contribution in [1.29, 1.82) is 0 Å². The second-order valence-corrected chi connectivity index (χ2v) is 6.13. The molecule has 0 bridgehead atoms. The Morgan fingerprint density at radius 3 is 2.31 bits per heavy atom. The van der Waals surface area contributed by atoms with Crippen molar-refractivity contribution >= 4 is 29.0 Å². The van der Waals surface area contributed by atoms with Crippen molar-refractivity contribution < 1.29 is 18.9 Å². The van der Waals surface area contributed by atoms with E-state index < -0.39 is 16.9 Å². The van der Waals surface area contributed by atoms with E-state index in [0.29, 0.717) is 22.7 Å². The predicted molar refractivity (Wildman–Crippen MR) is 107 cm³/mol. The minimum absolute atomic E-state index is 0.113. The van der Waals surface area contributed by atoms with Crippen LogP contribution in [0.2, 0.25) is 0 Å². The number of nitrogens with one attached hydrogen (secondary N) is 3. The van der Waals surface area contributed by atoms with Crippen LogP contribution in [0.4, 0.5) is 21.9 Å². The van der Waals surface area contributed by atoms with Gasteiger partial charge in [-0.15, -0.1) is 0 Å². The summed E-state index contributed by atoms with van der Waals surface area (Å²) in [5, 5.41) is 19.0. The number of anilines is 2. The SMILES string of the molecule is Cc1c(C(=O)Nc2ccc(NC(=O)NCc3ccco3)cc2)cccc1[N+](=O)[O-]. The molecule has 3 rings (SSSR count). The van der Waals surface area contributed by atoms with E-state index in [1.54, 1.807) is 36.4 Å². The molecule has 9 nitrogen and oxygen atoms in total. The number of amides is 3. The summed E-state index contributed by atoms with van der Waals surface area (Å²) in [7, 11) is 0. The fourth-order valence-corrected chi connectivity index (χ4v) is 2.66. The van der Waals surface area contributed by atoms with Crippen LogP contribution in [0.25, 0.3) is 0 Å². The highest BCUT2D eigenvalue weighted by molar-refractivity contribution is 6.06. The molecule has 3 amide bonds. The largest absolute Gasteiger partial charge is 0.467 e. The number of benzene rings is 2. The molecule has 9 heteroatoms. The monoisotopic (exact) mass is 394 g/mol. The molecule has 3 N–H and O–H groups in total. The van der Waals surface area contributed by atoms with E-state index in [1.807, 2.05) is 0 Å². The number of carbonyl (C=O) groups excluding carboxylic acids is 2. The third-order valence-corrected chi connectivity index (χ3v) is 4.15. The zero-order valence-corrected chi connectivity index (χ0v) is 15.5. The van der Waals surface area contributed by atoms with Gasteiger partial charge in [0.2, 0.25) is 0 Å². The molecule has 0 saturated carbocycles. The van der Waals surface area contributed by atoms with Crippen LogP contribution in [0.15, 0.2) is 65.3 Å². The number of carbonyl (C=O) groups is 2. The Bertz CT molecular complexity index is 1030. The smallest absolute Gasteiger partial charge is 0.319 e. The van der Waals surface area contributed by atoms with E-state index in [0.717, 1.165) is 0 Å². The van der Waals surface area contributed by atoms with E-state index >= 15 is 0 Å². The number of nitrogens with zero attached hydrogens (tertiary/aromatic N) is 1. The third-order valence-electron chi connectivity index (χ3n) is 4.15. The molecule has 0 aliphatic rings. The van der Waals surface area contributed by atoms with Crippen molar-refractivity contribution in [3.63, 3.8) is 0 Å². The van der Waals surface area contributed by atoms with Gasteiger partial charge in [-0.1, -0.05) is 6.07 Å². The van der Waals surface area contributed by atoms with Crippen molar-refractivity contribution in [2.24, 2.45) is 0 Å². The quantitative estimate of drug-likeness (QED) is 0.429. The Hall–Kier alpha value is -4.14. The Morgan fingerprint density at radius 2 is 1.69 bits per heavy atom. The highest BCUT2D eigenvalue weighted by Crippen LogP contribution is 2.22. The minimum atomic E-state index is -0.524. The van der Waals surface area contributed by atoms with Crippen molar-refractivity contribution in [2.45, 2.75) is 13.5 Å². The number of nitro groups is 1. The topological polar surface area (TPSA) is 127 Å². The summed E-state index contributed by atoms with van der Waals surface area (Å²) in [5.41, 5.74) is 1.42. The molecular weight excluding hydrogens is 376 g/mol. The van der Waals surface area contributed by atoms with Gasteiger partial charge in [-0.2, -0.15) is 0 Å². The zero-order valence-electron chi connectivity index (χ0n) is 15.5. The first-order chi connectivity index (χ1) is 13.9. The van der Waals surface area contributed by atoms with Crippen LogP contribution < -0.4 is 16.0 Å². The Morgan fingerprint density at radius 1 is 1.00 bits per heavy atom. The summed E-state index contributed by atoms with van der Waals surface area (Å²) in [6, 6.07) is 13.9. The average molecular weight is 394 g/mol. The van der Waals surface area contributed by atoms with Gasteiger partial charge in [-0.05, 0) is 49.4 Å². The minimum Gasteiger partial charge on any atom is -0.467 e. The molecule has 0 radical (unpaired) electrons. The molecule has 148 valence electrons. The number of rotatable bonds is 6. The summed E-state index contributed by atoms with van der Waals surface area (Å²) >= 11 is 0. The maximum Gasteiger partial charge on any atom is 0.319 e. The predicted octanol–water partition coefficient (Wildman–Crippen LogP) is 4.07. The number of hydrogen-bond acceptors (Lipinski definition) is 5. The second kappa shape index (κ2) is 8.70. The van der Waals surface area contributed by atoms with Gasteiger partial charge in [0.1, 0.15) is 5.76 Å². The molecule has 3 aromatic rings. The summed E-state index contributed by atoms with van der Waals surface area (Å²) in [6.07, 6.45) is 1.52. The lowest BCUT2D eigenvalue weighted by atomic mass is 10.1. The van der Waals surface area contributed by atoms with Crippen LogP contribution >= 0.6 is 0 Å². The van der Waals surface area contributed by atoms with E-state index in [1.165, 1.54) is 31.4 Å². The lowest BCUT2D eigenvalue weighted by Gasteiger charge is -2.10. The van der Waals surface area contributed by atoms with Crippen LogP contribution in [0.3, 0.4) is 0 Å². The number of nitro benzene ring substituents is 1. The maximum absolute atomic E-state index is 12.4. The molecule has 2 aromatic carbocycles. The van der Waals surface area contributed by atoms with Gasteiger partial charge in [0.25, 0.3) is 11.6 Å². The molecule has 1 aromatic heterocycles. The first-order valence-corrected chi connectivity index (χ1v) is 8.66. The molecule has 0 fully saturated rings. The second-order valence-electron chi connectivity index (χ2n) is 6.13. The molecule has 0 aliphatic carbocycles. The first kappa shape index (κ1) is 19.6. The maximum atomic E-state index is 12.4. The standard InChI is InChI=1S/C20H18N4O5/c1-13-17(5-2-6-18(13)24(27)28)19(25)22-14-7-9-15(10-8-14)23-20(26)21-12-16-4-3-11-29-16/h2-11H,12H2,1H3,(H,22,25)(H2,21,23,26). The first-order valence-electron chi connectivity index (χ1n) is 8.66.